The van der Waals surface area contributed by atoms with Gasteiger partial charge in [-0.05, 0) is 46.9 Å². The Kier molecular flexibility index (Phi) is 4.26. The molecule has 0 atom stereocenters. The van der Waals surface area contributed by atoms with E-state index in [9.17, 15) is 4.79 Å². The van der Waals surface area contributed by atoms with Crippen LogP contribution in [0.2, 0.25) is 0 Å². The molecule has 4 nitrogen and oxygen atoms in total. The number of anilines is 2. The van der Waals surface area contributed by atoms with E-state index in [1.54, 1.807) is 24.3 Å². The molecule has 98 valence electrons. The van der Waals surface area contributed by atoms with Crippen LogP contribution in [-0.4, -0.2) is 13.0 Å². The van der Waals surface area contributed by atoms with Crippen LogP contribution in [0.4, 0.5) is 11.4 Å². The minimum atomic E-state index is -0.156. The number of methoxy groups -OCH3 is 1. The second-order valence-electron chi connectivity index (χ2n) is 3.89. The van der Waals surface area contributed by atoms with E-state index < -0.39 is 0 Å². The van der Waals surface area contributed by atoms with Crippen LogP contribution in [0.3, 0.4) is 0 Å². The first-order chi connectivity index (χ1) is 9.11. The zero-order valence-corrected chi connectivity index (χ0v) is 12.5. The van der Waals surface area contributed by atoms with Gasteiger partial charge in [0, 0.05) is 15.3 Å². The molecule has 2 rings (SSSR count). The van der Waals surface area contributed by atoms with Gasteiger partial charge in [0.25, 0.3) is 5.91 Å². The molecule has 0 spiro atoms. The standard InChI is InChI=1S/C14H13IN2O2/c1-19-13-8-9(6-7-12(13)16)17-14(18)10-4-2-3-5-11(10)15/h2-8H,16H2,1H3,(H,17,18). The Bertz CT molecular complexity index is 614. The molecule has 5 heteroatoms. The number of carbonyl (C=O) groups excluding carboxylic acids is 1. The van der Waals surface area contributed by atoms with Crippen molar-refractivity contribution in [2.24, 2.45) is 0 Å². The highest BCUT2D eigenvalue weighted by Gasteiger charge is 2.10. The number of rotatable bonds is 3. The molecule has 0 aliphatic carbocycles. The van der Waals surface area contributed by atoms with E-state index in [0.29, 0.717) is 22.7 Å². The summed E-state index contributed by atoms with van der Waals surface area (Å²) in [4.78, 5) is 12.1. The van der Waals surface area contributed by atoms with Gasteiger partial charge in [0.05, 0.1) is 18.4 Å². The SMILES string of the molecule is COc1cc(NC(=O)c2ccccc2I)ccc1N. The predicted molar refractivity (Wildman–Crippen MR) is 84.5 cm³/mol. The molecule has 0 saturated heterocycles. The van der Waals surface area contributed by atoms with Crippen molar-refractivity contribution in [3.63, 3.8) is 0 Å². The highest BCUT2D eigenvalue weighted by atomic mass is 127. The lowest BCUT2D eigenvalue weighted by atomic mass is 10.2. The summed E-state index contributed by atoms with van der Waals surface area (Å²) in [5.74, 6) is 0.386. The largest absolute Gasteiger partial charge is 0.495 e. The first-order valence-corrected chi connectivity index (χ1v) is 6.69. The molecule has 0 saturated carbocycles. The maximum absolute atomic E-state index is 12.1. The number of hydrogen-bond donors (Lipinski definition) is 2. The normalized spacial score (nSPS) is 10.0. The highest BCUT2D eigenvalue weighted by Crippen LogP contribution is 2.25. The van der Waals surface area contributed by atoms with E-state index in [1.165, 1.54) is 7.11 Å². The summed E-state index contributed by atoms with van der Waals surface area (Å²) in [5, 5.41) is 2.82. The fourth-order valence-electron chi connectivity index (χ4n) is 1.63. The second-order valence-corrected chi connectivity index (χ2v) is 5.05. The van der Waals surface area contributed by atoms with E-state index in [-0.39, 0.29) is 5.91 Å². The van der Waals surface area contributed by atoms with E-state index in [4.69, 9.17) is 10.5 Å². The first-order valence-electron chi connectivity index (χ1n) is 5.61. The maximum atomic E-state index is 12.1. The lowest BCUT2D eigenvalue weighted by Gasteiger charge is -2.09. The third-order valence-electron chi connectivity index (χ3n) is 2.61. The molecular weight excluding hydrogens is 355 g/mol. The molecule has 0 bridgehead atoms. The van der Waals surface area contributed by atoms with E-state index in [1.807, 2.05) is 18.2 Å². The van der Waals surface area contributed by atoms with E-state index in [2.05, 4.69) is 27.9 Å². The molecule has 1 amide bonds. The lowest BCUT2D eigenvalue weighted by molar-refractivity contribution is 0.102. The Morgan fingerprint density at radius 2 is 2.00 bits per heavy atom. The lowest BCUT2D eigenvalue weighted by Crippen LogP contribution is -2.13. The molecule has 0 fully saturated rings. The zero-order chi connectivity index (χ0) is 13.8. The minimum absolute atomic E-state index is 0.156. The second kappa shape index (κ2) is 5.92. The Labute approximate surface area is 125 Å². The number of nitrogens with one attached hydrogen (secondary N) is 1. The van der Waals surface area contributed by atoms with Crippen molar-refractivity contribution < 1.29 is 9.53 Å². The van der Waals surface area contributed by atoms with Crippen LogP contribution in [0, 0.1) is 3.57 Å². The van der Waals surface area contributed by atoms with Crippen molar-refractivity contribution in [2.45, 2.75) is 0 Å². The van der Waals surface area contributed by atoms with Crippen LogP contribution < -0.4 is 15.8 Å². The van der Waals surface area contributed by atoms with Crippen molar-refractivity contribution in [3.05, 3.63) is 51.6 Å². The van der Waals surface area contributed by atoms with Crippen LogP contribution in [0.1, 0.15) is 10.4 Å². The molecule has 2 aromatic carbocycles. The summed E-state index contributed by atoms with van der Waals surface area (Å²) in [6.07, 6.45) is 0. The van der Waals surface area contributed by atoms with Gasteiger partial charge in [-0.25, -0.2) is 0 Å². The van der Waals surface area contributed by atoms with Gasteiger partial charge >= 0.3 is 0 Å². The van der Waals surface area contributed by atoms with Gasteiger partial charge < -0.3 is 15.8 Å². The maximum Gasteiger partial charge on any atom is 0.256 e. The van der Waals surface area contributed by atoms with Crippen LogP contribution in [-0.2, 0) is 0 Å². The van der Waals surface area contributed by atoms with Crippen molar-refractivity contribution >= 4 is 39.9 Å². The number of amides is 1. The quantitative estimate of drug-likeness (QED) is 0.646. The molecule has 19 heavy (non-hydrogen) atoms. The summed E-state index contributed by atoms with van der Waals surface area (Å²) in [6.45, 7) is 0. The third-order valence-corrected chi connectivity index (χ3v) is 3.55. The molecule has 0 aliphatic heterocycles. The number of nitrogen functional groups attached to an aromatic ring is 1. The topological polar surface area (TPSA) is 64.3 Å². The fourth-order valence-corrected chi connectivity index (χ4v) is 2.27. The fraction of sp³-hybridized carbons (Fsp3) is 0.0714. The molecule has 0 radical (unpaired) electrons. The molecule has 0 unspecified atom stereocenters. The van der Waals surface area contributed by atoms with E-state index >= 15 is 0 Å². The van der Waals surface area contributed by atoms with Gasteiger partial charge in [0.15, 0.2) is 0 Å². The monoisotopic (exact) mass is 368 g/mol. The van der Waals surface area contributed by atoms with E-state index in [0.717, 1.165) is 3.57 Å². The molecule has 2 aromatic rings. The molecule has 0 aliphatic rings. The van der Waals surface area contributed by atoms with Crippen molar-refractivity contribution in [2.75, 3.05) is 18.2 Å². The summed E-state index contributed by atoms with van der Waals surface area (Å²) in [6, 6.07) is 12.5. The minimum Gasteiger partial charge on any atom is -0.495 e. The molecular formula is C14H13IN2O2. The highest BCUT2D eigenvalue weighted by molar-refractivity contribution is 14.1. The molecule has 3 N–H and O–H groups in total. The Hall–Kier alpha value is -1.76. The van der Waals surface area contributed by atoms with Gasteiger partial charge in [-0.2, -0.15) is 0 Å². The van der Waals surface area contributed by atoms with Gasteiger partial charge in [-0.15, -0.1) is 0 Å². The average molecular weight is 368 g/mol. The molecule has 0 heterocycles. The Morgan fingerprint density at radius 1 is 1.26 bits per heavy atom. The van der Waals surface area contributed by atoms with Crippen LogP contribution in [0.15, 0.2) is 42.5 Å². The third kappa shape index (κ3) is 3.17. The Balaban J connectivity index is 2.22. The summed E-state index contributed by atoms with van der Waals surface area (Å²) < 4.78 is 6.02. The number of nitrogens with two attached hydrogens (primary N) is 1. The van der Waals surface area contributed by atoms with Gasteiger partial charge in [0.1, 0.15) is 5.75 Å². The smallest absolute Gasteiger partial charge is 0.256 e. The number of benzene rings is 2. The van der Waals surface area contributed by atoms with Gasteiger partial charge in [-0.3, -0.25) is 4.79 Å². The first kappa shape index (κ1) is 13.7. The zero-order valence-electron chi connectivity index (χ0n) is 10.3. The summed E-state index contributed by atoms with van der Waals surface area (Å²) in [5.41, 5.74) is 7.55. The number of carbonyl (C=O) groups is 1. The summed E-state index contributed by atoms with van der Waals surface area (Å²) in [7, 11) is 1.54. The Morgan fingerprint density at radius 3 is 2.68 bits per heavy atom. The van der Waals surface area contributed by atoms with Crippen molar-refractivity contribution in [1.82, 2.24) is 0 Å². The number of ether oxygens (including phenoxy) is 1. The van der Waals surface area contributed by atoms with Crippen LogP contribution in [0.25, 0.3) is 0 Å². The average Bonchev–Trinajstić information content (AvgIpc) is 2.41. The number of hydrogen-bond acceptors (Lipinski definition) is 3. The predicted octanol–water partition coefficient (Wildman–Crippen LogP) is 3.13. The van der Waals surface area contributed by atoms with Crippen LogP contribution >= 0.6 is 22.6 Å². The van der Waals surface area contributed by atoms with Gasteiger partial charge in [-0.1, -0.05) is 12.1 Å². The van der Waals surface area contributed by atoms with Crippen molar-refractivity contribution in [1.29, 1.82) is 0 Å². The van der Waals surface area contributed by atoms with Crippen LogP contribution in [0.5, 0.6) is 5.75 Å². The molecule has 0 aromatic heterocycles. The summed E-state index contributed by atoms with van der Waals surface area (Å²) >= 11 is 2.13. The van der Waals surface area contributed by atoms with Crippen molar-refractivity contribution in [3.8, 4) is 5.75 Å². The van der Waals surface area contributed by atoms with Gasteiger partial charge in [0.2, 0.25) is 0 Å². The number of halogens is 1.